The normalized spacial score (nSPS) is 12.0. The molecule has 1 heterocycles. The number of phenolic OH excluding ortho intramolecular Hbond substituents is 1. The Balaban J connectivity index is 2.13. The molecule has 0 aliphatic heterocycles. The van der Waals surface area contributed by atoms with Crippen molar-refractivity contribution in [3.63, 3.8) is 0 Å². The van der Waals surface area contributed by atoms with Crippen LogP contribution in [0, 0.1) is 0 Å². The zero-order chi connectivity index (χ0) is 16.2. The zero-order valence-electron chi connectivity index (χ0n) is 12.9. The first-order valence-electron chi connectivity index (χ1n) is 7.61. The van der Waals surface area contributed by atoms with Gasteiger partial charge in [-0.05, 0) is 11.6 Å². The van der Waals surface area contributed by atoms with Gasteiger partial charge in [-0.25, -0.2) is 0 Å². The average molecular weight is 306 g/mol. The highest BCUT2D eigenvalue weighted by atomic mass is 16.3. The number of benzene rings is 2. The van der Waals surface area contributed by atoms with E-state index in [0.717, 1.165) is 10.9 Å². The first-order chi connectivity index (χ1) is 11.2. The molecule has 0 aliphatic carbocycles. The molecule has 0 spiro atoms. The summed E-state index contributed by atoms with van der Waals surface area (Å²) in [6.45, 7) is 1.80. The largest absolute Gasteiger partial charge is 0.505 e. The van der Waals surface area contributed by atoms with E-state index in [0.29, 0.717) is 17.5 Å². The molecule has 4 heteroatoms. The Morgan fingerprint density at radius 3 is 2.65 bits per heavy atom. The van der Waals surface area contributed by atoms with Crippen LogP contribution in [-0.2, 0) is 4.79 Å². The van der Waals surface area contributed by atoms with Crippen LogP contribution in [0.2, 0.25) is 0 Å². The van der Waals surface area contributed by atoms with Gasteiger partial charge in [-0.3, -0.25) is 9.78 Å². The van der Waals surface area contributed by atoms with Crippen LogP contribution in [0.25, 0.3) is 10.9 Å². The summed E-state index contributed by atoms with van der Waals surface area (Å²) in [6.07, 6.45) is 2.03. The second-order valence-corrected chi connectivity index (χ2v) is 5.34. The standard InChI is InChI=1S/C19H18N2O2/c1-2-16(22)21-17(13-7-4-3-5-8-13)15-11-10-14-9-6-12-20-18(14)19(15)23/h3-12,17,23H,2H2,1H3,(H,21,22)/t17-/m1/s1. The number of fused-ring (bicyclic) bond motifs is 1. The number of phenols is 1. The van der Waals surface area contributed by atoms with E-state index in [-0.39, 0.29) is 11.7 Å². The number of pyridine rings is 1. The summed E-state index contributed by atoms with van der Waals surface area (Å²) in [5.74, 6) is 0.0349. The average Bonchev–Trinajstić information content (AvgIpc) is 2.61. The third kappa shape index (κ3) is 3.01. The van der Waals surface area contributed by atoms with E-state index >= 15 is 0 Å². The summed E-state index contributed by atoms with van der Waals surface area (Å²) < 4.78 is 0. The van der Waals surface area contributed by atoms with Crippen molar-refractivity contribution in [1.82, 2.24) is 10.3 Å². The second-order valence-electron chi connectivity index (χ2n) is 5.34. The fraction of sp³-hybridized carbons (Fsp3) is 0.158. The molecule has 0 aliphatic rings. The molecule has 1 atom stereocenters. The lowest BCUT2D eigenvalue weighted by molar-refractivity contribution is -0.121. The van der Waals surface area contributed by atoms with Gasteiger partial charge in [-0.1, -0.05) is 55.5 Å². The molecule has 116 valence electrons. The van der Waals surface area contributed by atoms with Crippen molar-refractivity contribution < 1.29 is 9.90 Å². The number of hydrogen-bond acceptors (Lipinski definition) is 3. The van der Waals surface area contributed by atoms with E-state index in [2.05, 4.69) is 10.3 Å². The molecular formula is C19H18N2O2. The number of carbonyl (C=O) groups is 1. The Morgan fingerprint density at radius 2 is 1.91 bits per heavy atom. The van der Waals surface area contributed by atoms with E-state index in [1.54, 1.807) is 13.1 Å². The van der Waals surface area contributed by atoms with E-state index in [1.165, 1.54) is 0 Å². The lowest BCUT2D eigenvalue weighted by Gasteiger charge is -2.21. The van der Waals surface area contributed by atoms with Gasteiger partial charge in [0, 0.05) is 23.6 Å². The van der Waals surface area contributed by atoms with E-state index in [9.17, 15) is 9.90 Å². The minimum absolute atomic E-state index is 0.0700. The summed E-state index contributed by atoms with van der Waals surface area (Å²) in [5, 5.41) is 14.5. The van der Waals surface area contributed by atoms with Crippen LogP contribution in [0.1, 0.15) is 30.5 Å². The maximum absolute atomic E-state index is 11.9. The SMILES string of the molecule is CCC(=O)N[C@H](c1ccccc1)c1ccc2cccnc2c1O. The predicted octanol–water partition coefficient (Wildman–Crippen LogP) is 3.56. The lowest BCUT2D eigenvalue weighted by Crippen LogP contribution is -2.28. The maximum atomic E-state index is 11.9. The molecular weight excluding hydrogens is 288 g/mol. The molecule has 1 amide bonds. The highest BCUT2D eigenvalue weighted by Crippen LogP contribution is 2.34. The molecule has 1 aromatic heterocycles. The van der Waals surface area contributed by atoms with Crippen LogP contribution in [0.5, 0.6) is 5.75 Å². The zero-order valence-corrected chi connectivity index (χ0v) is 12.9. The minimum atomic E-state index is -0.407. The number of carbonyl (C=O) groups excluding carboxylic acids is 1. The first-order valence-corrected chi connectivity index (χ1v) is 7.61. The van der Waals surface area contributed by atoms with Gasteiger partial charge in [0.05, 0.1) is 6.04 Å². The van der Waals surface area contributed by atoms with Crippen LogP contribution >= 0.6 is 0 Å². The molecule has 0 radical (unpaired) electrons. The number of nitrogens with zero attached hydrogens (tertiary/aromatic N) is 1. The molecule has 2 aromatic carbocycles. The van der Waals surface area contributed by atoms with Crippen molar-refractivity contribution in [2.24, 2.45) is 0 Å². The van der Waals surface area contributed by atoms with Gasteiger partial charge in [-0.2, -0.15) is 0 Å². The topological polar surface area (TPSA) is 62.2 Å². The Hall–Kier alpha value is -2.88. The van der Waals surface area contributed by atoms with Gasteiger partial charge in [0.1, 0.15) is 11.3 Å². The Labute approximate surface area is 134 Å². The number of aromatic hydroxyl groups is 1. The highest BCUT2D eigenvalue weighted by molar-refractivity contribution is 5.86. The number of nitrogens with one attached hydrogen (secondary N) is 1. The van der Waals surface area contributed by atoms with Crippen LogP contribution < -0.4 is 5.32 Å². The first kappa shape index (κ1) is 15.0. The van der Waals surface area contributed by atoms with Crippen molar-refractivity contribution in [2.45, 2.75) is 19.4 Å². The van der Waals surface area contributed by atoms with Crippen LogP contribution in [0.3, 0.4) is 0 Å². The number of rotatable bonds is 4. The van der Waals surface area contributed by atoms with Gasteiger partial charge in [0.25, 0.3) is 0 Å². The molecule has 3 aromatic rings. The molecule has 0 unspecified atom stereocenters. The third-order valence-electron chi connectivity index (χ3n) is 3.85. The molecule has 0 bridgehead atoms. The predicted molar refractivity (Wildman–Crippen MR) is 90.1 cm³/mol. The monoisotopic (exact) mass is 306 g/mol. The Kier molecular flexibility index (Phi) is 4.24. The van der Waals surface area contributed by atoms with Gasteiger partial charge in [0.2, 0.25) is 5.91 Å². The molecule has 0 saturated heterocycles. The summed E-state index contributed by atoms with van der Waals surface area (Å²) in [6, 6.07) is 16.7. The molecule has 4 nitrogen and oxygen atoms in total. The minimum Gasteiger partial charge on any atom is -0.505 e. The highest BCUT2D eigenvalue weighted by Gasteiger charge is 2.21. The van der Waals surface area contributed by atoms with Crippen molar-refractivity contribution in [3.8, 4) is 5.75 Å². The van der Waals surface area contributed by atoms with Gasteiger partial charge < -0.3 is 10.4 Å². The number of amides is 1. The van der Waals surface area contributed by atoms with Crippen molar-refractivity contribution >= 4 is 16.8 Å². The quantitative estimate of drug-likeness (QED) is 0.775. The molecule has 23 heavy (non-hydrogen) atoms. The van der Waals surface area contributed by atoms with Crippen molar-refractivity contribution in [3.05, 3.63) is 71.9 Å². The maximum Gasteiger partial charge on any atom is 0.220 e. The van der Waals surface area contributed by atoms with E-state index in [4.69, 9.17) is 0 Å². The van der Waals surface area contributed by atoms with Crippen molar-refractivity contribution in [1.29, 1.82) is 0 Å². The Bertz CT molecular complexity index is 831. The molecule has 0 saturated carbocycles. The van der Waals surface area contributed by atoms with Crippen LogP contribution in [0.4, 0.5) is 0 Å². The van der Waals surface area contributed by atoms with Crippen LogP contribution in [0.15, 0.2) is 60.8 Å². The summed E-state index contributed by atoms with van der Waals surface area (Å²) >= 11 is 0. The van der Waals surface area contributed by atoms with Crippen molar-refractivity contribution in [2.75, 3.05) is 0 Å². The number of hydrogen-bond donors (Lipinski definition) is 2. The molecule has 0 fully saturated rings. The fourth-order valence-corrected chi connectivity index (χ4v) is 2.63. The summed E-state index contributed by atoms with van der Waals surface area (Å²) in [7, 11) is 0. The Morgan fingerprint density at radius 1 is 1.13 bits per heavy atom. The summed E-state index contributed by atoms with van der Waals surface area (Å²) in [4.78, 5) is 16.2. The fourth-order valence-electron chi connectivity index (χ4n) is 2.63. The second kappa shape index (κ2) is 6.48. The summed E-state index contributed by atoms with van der Waals surface area (Å²) in [5.41, 5.74) is 2.10. The van der Waals surface area contributed by atoms with Gasteiger partial charge in [-0.15, -0.1) is 0 Å². The third-order valence-corrected chi connectivity index (χ3v) is 3.85. The van der Waals surface area contributed by atoms with Gasteiger partial charge in [0.15, 0.2) is 0 Å². The molecule has 2 N–H and O–H groups in total. The van der Waals surface area contributed by atoms with E-state index < -0.39 is 6.04 Å². The smallest absolute Gasteiger partial charge is 0.220 e. The van der Waals surface area contributed by atoms with Crippen LogP contribution in [-0.4, -0.2) is 16.0 Å². The number of aromatic nitrogens is 1. The van der Waals surface area contributed by atoms with Gasteiger partial charge >= 0.3 is 0 Å². The lowest BCUT2D eigenvalue weighted by atomic mass is 9.96. The van der Waals surface area contributed by atoms with E-state index in [1.807, 2.05) is 54.6 Å². The molecule has 3 rings (SSSR count).